The summed E-state index contributed by atoms with van der Waals surface area (Å²) in [5.74, 6) is 3.04. The molecule has 4 bridgehead atoms. The van der Waals surface area contributed by atoms with E-state index in [2.05, 4.69) is 41.3 Å². The molecule has 1 unspecified atom stereocenters. The van der Waals surface area contributed by atoms with E-state index >= 15 is 0 Å². The summed E-state index contributed by atoms with van der Waals surface area (Å²) in [5, 5.41) is 8.38. The molecule has 0 spiro atoms. The van der Waals surface area contributed by atoms with E-state index in [9.17, 15) is 0 Å². The van der Waals surface area contributed by atoms with Crippen LogP contribution in [0.4, 0.5) is 0 Å². The number of hydrogen-bond acceptors (Lipinski definition) is 2. The van der Waals surface area contributed by atoms with E-state index in [4.69, 9.17) is 0 Å². The molecule has 0 amide bonds. The van der Waals surface area contributed by atoms with E-state index in [1.54, 1.807) is 0 Å². The minimum absolute atomic E-state index is 0.520. The molecule has 1 heterocycles. The molecule has 1 aromatic rings. The van der Waals surface area contributed by atoms with Crippen molar-refractivity contribution in [2.45, 2.75) is 65.0 Å². The summed E-state index contributed by atoms with van der Waals surface area (Å²) in [6, 6.07) is 0.524. The van der Waals surface area contributed by atoms with Gasteiger partial charge in [0.25, 0.3) is 0 Å². The summed E-state index contributed by atoms with van der Waals surface area (Å²) in [6.45, 7) is 6.45. The van der Waals surface area contributed by atoms with E-state index in [-0.39, 0.29) is 0 Å². The predicted octanol–water partition coefficient (Wildman–Crippen LogP) is 3.77. The SMILES string of the molecule is CCNC(c1cnn(CC)c1)C12CC3CC(CC(C3)C1)C2. The maximum absolute atomic E-state index is 4.54. The summed E-state index contributed by atoms with van der Waals surface area (Å²) in [6.07, 6.45) is 13.3. The van der Waals surface area contributed by atoms with Crippen LogP contribution in [-0.4, -0.2) is 16.3 Å². The predicted molar refractivity (Wildman–Crippen MR) is 84.9 cm³/mol. The standard InChI is InChI=1S/C18H29N3/c1-3-19-17(16-11-20-21(4-2)12-16)18-8-13-5-14(9-18)7-15(6-13)10-18/h11-15,17,19H,3-10H2,1-2H3. The van der Waals surface area contributed by atoms with Crippen LogP contribution in [0.5, 0.6) is 0 Å². The number of nitrogens with zero attached hydrogens (tertiary/aromatic N) is 2. The third-order valence-corrected chi connectivity index (χ3v) is 6.42. The average molecular weight is 287 g/mol. The summed E-state index contributed by atoms with van der Waals surface area (Å²) in [4.78, 5) is 0. The second-order valence-corrected chi connectivity index (χ2v) is 7.90. The second kappa shape index (κ2) is 5.12. The molecule has 0 radical (unpaired) electrons. The number of aromatic nitrogens is 2. The van der Waals surface area contributed by atoms with Crippen LogP contribution < -0.4 is 5.32 Å². The molecule has 4 aliphatic carbocycles. The molecule has 21 heavy (non-hydrogen) atoms. The lowest BCUT2D eigenvalue weighted by atomic mass is 9.47. The topological polar surface area (TPSA) is 29.9 Å². The van der Waals surface area contributed by atoms with Crippen molar-refractivity contribution in [1.29, 1.82) is 0 Å². The average Bonchev–Trinajstić information content (AvgIpc) is 2.91. The Morgan fingerprint density at radius 2 is 1.81 bits per heavy atom. The van der Waals surface area contributed by atoms with Gasteiger partial charge >= 0.3 is 0 Å². The zero-order valence-corrected chi connectivity index (χ0v) is 13.5. The molecule has 3 nitrogen and oxygen atoms in total. The highest BCUT2D eigenvalue weighted by Crippen LogP contribution is 2.63. The second-order valence-electron chi connectivity index (χ2n) is 7.90. The van der Waals surface area contributed by atoms with Crippen molar-refractivity contribution < 1.29 is 0 Å². The fraction of sp³-hybridized carbons (Fsp3) is 0.833. The maximum atomic E-state index is 4.54. The molecule has 116 valence electrons. The zero-order chi connectivity index (χ0) is 14.4. The van der Waals surface area contributed by atoms with Gasteiger partial charge in [0.1, 0.15) is 0 Å². The van der Waals surface area contributed by atoms with Gasteiger partial charge < -0.3 is 5.32 Å². The highest BCUT2D eigenvalue weighted by atomic mass is 15.3. The van der Waals surface area contributed by atoms with Gasteiger partial charge in [-0.1, -0.05) is 6.92 Å². The fourth-order valence-corrected chi connectivity index (χ4v) is 6.12. The maximum Gasteiger partial charge on any atom is 0.0537 e. The Bertz CT molecular complexity index is 469. The van der Waals surface area contributed by atoms with Crippen molar-refractivity contribution in [3.63, 3.8) is 0 Å². The van der Waals surface area contributed by atoms with Crippen molar-refractivity contribution >= 4 is 0 Å². The van der Waals surface area contributed by atoms with E-state index in [1.807, 2.05) is 0 Å². The van der Waals surface area contributed by atoms with Crippen LogP contribution >= 0.6 is 0 Å². The number of aryl methyl sites for hydroxylation is 1. The molecule has 5 rings (SSSR count). The van der Waals surface area contributed by atoms with Crippen LogP contribution in [0, 0.1) is 23.2 Å². The first-order valence-corrected chi connectivity index (χ1v) is 8.98. The van der Waals surface area contributed by atoms with Crippen molar-refractivity contribution in [1.82, 2.24) is 15.1 Å². The summed E-state index contributed by atoms with van der Waals surface area (Å²) in [7, 11) is 0. The summed E-state index contributed by atoms with van der Waals surface area (Å²) < 4.78 is 2.08. The summed E-state index contributed by atoms with van der Waals surface area (Å²) in [5.41, 5.74) is 1.95. The lowest BCUT2D eigenvalue weighted by Crippen LogP contribution is -2.51. The molecule has 0 saturated heterocycles. The quantitative estimate of drug-likeness (QED) is 0.893. The van der Waals surface area contributed by atoms with Crippen molar-refractivity contribution in [2.24, 2.45) is 23.2 Å². The van der Waals surface area contributed by atoms with Gasteiger partial charge in [0, 0.05) is 24.3 Å². The Hall–Kier alpha value is -0.830. The van der Waals surface area contributed by atoms with Gasteiger partial charge in [0.15, 0.2) is 0 Å². The van der Waals surface area contributed by atoms with Crippen molar-refractivity contribution in [3.05, 3.63) is 18.0 Å². The minimum atomic E-state index is 0.520. The molecule has 0 aromatic carbocycles. The summed E-state index contributed by atoms with van der Waals surface area (Å²) >= 11 is 0. The monoisotopic (exact) mass is 287 g/mol. The Morgan fingerprint density at radius 3 is 2.29 bits per heavy atom. The smallest absolute Gasteiger partial charge is 0.0537 e. The molecule has 4 saturated carbocycles. The van der Waals surface area contributed by atoms with Gasteiger partial charge in [-0.2, -0.15) is 5.10 Å². The minimum Gasteiger partial charge on any atom is -0.310 e. The molecule has 0 aliphatic heterocycles. The van der Waals surface area contributed by atoms with Gasteiger partial charge in [-0.15, -0.1) is 0 Å². The van der Waals surface area contributed by atoms with Crippen LogP contribution in [-0.2, 0) is 6.54 Å². The van der Waals surface area contributed by atoms with Gasteiger partial charge in [0.2, 0.25) is 0 Å². The molecule has 4 aliphatic rings. The van der Waals surface area contributed by atoms with Crippen LogP contribution in [0.2, 0.25) is 0 Å². The molecule has 1 N–H and O–H groups in total. The van der Waals surface area contributed by atoms with Crippen LogP contribution in [0.25, 0.3) is 0 Å². The third-order valence-electron chi connectivity index (χ3n) is 6.42. The molecule has 1 atom stereocenters. The Morgan fingerprint density at radius 1 is 1.19 bits per heavy atom. The Balaban J connectivity index is 1.66. The largest absolute Gasteiger partial charge is 0.310 e. The first kappa shape index (κ1) is 13.8. The first-order chi connectivity index (χ1) is 10.2. The van der Waals surface area contributed by atoms with Crippen LogP contribution in [0.15, 0.2) is 12.4 Å². The lowest BCUT2D eigenvalue weighted by Gasteiger charge is -2.59. The first-order valence-electron chi connectivity index (χ1n) is 8.98. The zero-order valence-electron chi connectivity index (χ0n) is 13.5. The van der Waals surface area contributed by atoms with Crippen molar-refractivity contribution in [3.8, 4) is 0 Å². The van der Waals surface area contributed by atoms with E-state index in [1.165, 1.54) is 44.1 Å². The van der Waals surface area contributed by atoms with Gasteiger partial charge in [-0.25, -0.2) is 0 Å². The number of rotatable bonds is 5. The highest BCUT2D eigenvalue weighted by molar-refractivity contribution is 5.18. The van der Waals surface area contributed by atoms with Gasteiger partial charge in [-0.05, 0) is 75.2 Å². The third kappa shape index (κ3) is 2.25. The van der Waals surface area contributed by atoms with E-state index in [0.29, 0.717) is 11.5 Å². The lowest BCUT2D eigenvalue weighted by molar-refractivity contribution is -0.0746. The Kier molecular flexibility index (Phi) is 3.36. The molecular weight excluding hydrogens is 258 g/mol. The number of nitrogens with one attached hydrogen (secondary N) is 1. The van der Waals surface area contributed by atoms with Crippen LogP contribution in [0.1, 0.15) is 64.0 Å². The Labute approximate surface area is 128 Å². The normalized spacial score (nSPS) is 38.9. The highest BCUT2D eigenvalue weighted by Gasteiger charge is 2.54. The molecule has 4 fully saturated rings. The fourth-order valence-electron chi connectivity index (χ4n) is 6.12. The van der Waals surface area contributed by atoms with Gasteiger partial charge in [-0.3, -0.25) is 4.68 Å². The van der Waals surface area contributed by atoms with Crippen LogP contribution in [0.3, 0.4) is 0 Å². The van der Waals surface area contributed by atoms with E-state index < -0.39 is 0 Å². The number of hydrogen-bond donors (Lipinski definition) is 1. The van der Waals surface area contributed by atoms with E-state index in [0.717, 1.165) is 30.8 Å². The van der Waals surface area contributed by atoms with Gasteiger partial charge in [0.05, 0.1) is 6.20 Å². The van der Waals surface area contributed by atoms with Crippen molar-refractivity contribution in [2.75, 3.05) is 6.54 Å². The molecule has 1 aromatic heterocycles. The molecular formula is C18H29N3. The molecule has 3 heteroatoms.